The van der Waals surface area contributed by atoms with E-state index >= 15 is 0 Å². The molecule has 0 spiro atoms. The maximum absolute atomic E-state index is 12.3. The van der Waals surface area contributed by atoms with Gasteiger partial charge >= 0.3 is 0 Å². The molecule has 0 unspecified atom stereocenters. The lowest BCUT2D eigenvalue weighted by molar-refractivity contribution is -0.129. The van der Waals surface area contributed by atoms with Crippen LogP contribution in [0.4, 0.5) is 5.13 Å². The van der Waals surface area contributed by atoms with Crippen LogP contribution in [0.25, 0.3) is 10.2 Å². The minimum atomic E-state index is -0.114. The van der Waals surface area contributed by atoms with Crippen molar-refractivity contribution in [2.75, 3.05) is 23.9 Å². The predicted molar refractivity (Wildman–Crippen MR) is 105 cm³/mol. The number of thiazole rings is 1. The Kier molecular flexibility index (Phi) is 6.31. The van der Waals surface area contributed by atoms with E-state index in [9.17, 15) is 9.59 Å². The number of aromatic nitrogens is 1. The fourth-order valence-electron chi connectivity index (χ4n) is 3.09. The van der Waals surface area contributed by atoms with E-state index < -0.39 is 0 Å². The molecule has 2 amide bonds. The van der Waals surface area contributed by atoms with Gasteiger partial charge in [0.25, 0.3) is 0 Å². The Hall–Kier alpha value is -1.60. The monoisotopic (exact) mass is 377 g/mol. The SMILES string of the molecule is CN(C(=O)CSCC(=O)Nc1nc2ccccc2s1)C1CCCCC1. The first kappa shape index (κ1) is 18.2. The molecular weight excluding hydrogens is 354 g/mol. The zero-order valence-corrected chi connectivity index (χ0v) is 16.0. The van der Waals surface area contributed by atoms with E-state index in [0.29, 0.717) is 16.9 Å². The number of fused-ring (bicyclic) bond motifs is 1. The summed E-state index contributed by atoms with van der Waals surface area (Å²) in [6.45, 7) is 0. The van der Waals surface area contributed by atoms with Crippen LogP contribution in [0, 0.1) is 0 Å². The number of anilines is 1. The average Bonchev–Trinajstić information content (AvgIpc) is 3.03. The van der Waals surface area contributed by atoms with Gasteiger partial charge in [-0.15, -0.1) is 11.8 Å². The molecular formula is C18H23N3O2S2. The van der Waals surface area contributed by atoms with Crippen molar-refractivity contribution < 1.29 is 9.59 Å². The molecule has 134 valence electrons. The Morgan fingerprint density at radius 2 is 2.00 bits per heavy atom. The van der Waals surface area contributed by atoms with Crippen LogP contribution in [0.15, 0.2) is 24.3 Å². The summed E-state index contributed by atoms with van der Waals surface area (Å²) in [7, 11) is 1.89. The number of benzene rings is 1. The van der Waals surface area contributed by atoms with Crippen LogP contribution < -0.4 is 5.32 Å². The van der Waals surface area contributed by atoms with E-state index in [1.54, 1.807) is 0 Å². The van der Waals surface area contributed by atoms with Crippen molar-refractivity contribution in [1.82, 2.24) is 9.88 Å². The number of para-hydroxylation sites is 1. The topological polar surface area (TPSA) is 62.3 Å². The van der Waals surface area contributed by atoms with Crippen LogP contribution in [-0.2, 0) is 9.59 Å². The molecule has 1 N–H and O–H groups in total. The fraction of sp³-hybridized carbons (Fsp3) is 0.500. The number of amides is 2. The minimum Gasteiger partial charge on any atom is -0.342 e. The van der Waals surface area contributed by atoms with E-state index in [2.05, 4.69) is 10.3 Å². The number of hydrogen-bond acceptors (Lipinski definition) is 5. The van der Waals surface area contributed by atoms with Gasteiger partial charge in [0.2, 0.25) is 11.8 Å². The molecule has 1 fully saturated rings. The molecule has 7 heteroatoms. The van der Waals surface area contributed by atoms with E-state index in [1.807, 2.05) is 36.2 Å². The van der Waals surface area contributed by atoms with Crippen LogP contribution >= 0.6 is 23.1 Å². The first-order chi connectivity index (χ1) is 12.1. The smallest absolute Gasteiger partial charge is 0.236 e. The lowest BCUT2D eigenvalue weighted by atomic mass is 9.94. The van der Waals surface area contributed by atoms with Crippen molar-refractivity contribution in [3.8, 4) is 0 Å². The van der Waals surface area contributed by atoms with Crippen molar-refractivity contribution in [3.05, 3.63) is 24.3 Å². The van der Waals surface area contributed by atoms with Gasteiger partial charge < -0.3 is 10.2 Å². The fourth-order valence-corrected chi connectivity index (χ4v) is 4.71. The second-order valence-corrected chi connectivity index (χ2v) is 8.34. The van der Waals surface area contributed by atoms with Gasteiger partial charge in [0.05, 0.1) is 21.7 Å². The number of carbonyl (C=O) groups excluding carboxylic acids is 2. The van der Waals surface area contributed by atoms with Crippen LogP contribution in [0.5, 0.6) is 0 Å². The summed E-state index contributed by atoms with van der Waals surface area (Å²) in [4.78, 5) is 30.6. The van der Waals surface area contributed by atoms with Crippen molar-refractivity contribution in [2.45, 2.75) is 38.1 Å². The van der Waals surface area contributed by atoms with Crippen LogP contribution in [0.3, 0.4) is 0 Å². The van der Waals surface area contributed by atoms with Gasteiger partial charge in [-0.3, -0.25) is 9.59 Å². The Bertz CT molecular complexity index is 708. The molecule has 1 heterocycles. The zero-order valence-electron chi connectivity index (χ0n) is 14.4. The van der Waals surface area contributed by atoms with Gasteiger partial charge in [-0.2, -0.15) is 0 Å². The second-order valence-electron chi connectivity index (χ2n) is 6.32. The van der Waals surface area contributed by atoms with E-state index in [0.717, 1.165) is 23.1 Å². The molecule has 0 atom stereocenters. The molecule has 1 aromatic heterocycles. The van der Waals surface area contributed by atoms with Crippen molar-refractivity contribution in [2.24, 2.45) is 0 Å². The van der Waals surface area contributed by atoms with Gasteiger partial charge in [0.1, 0.15) is 0 Å². The standard InChI is InChI=1S/C18H23N3O2S2/c1-21(13-7-3-2-4-8-13)17(23)12-24-11-16(22)20-18-19-14-9-5-6-10-15(14)25-18/h5-6,9-10,13H,2-4,7-8,11-12H2,1H3,(H,19,20,22). The largest absolute Gasteiger partial charge is 0.342 e. The number of nitrogens with one attached hydrogen (secondary N) is 1. The Labute approximate surface area is 156 Å². The highest BCUT2D eigenvalue weighted by atomic mass is 32.2. The van der Waals surface area contributed by atoms with E-state index in [4.69, 9.17) is 0 Å². The molecule has 0 bridgehead atoms. The molecule has 1 aromatic carbocycles. The Morgan fingerprint density at radius 1 is 1.24 bits per heavy atom. The molecule has 0 radical (unpaired) electrons. The molecule has 3 rings (SSSR count). The summed E-state index contributed by atoms with van der Waals surface area (Å²) in [5.74, 6) is 0.613. The number of nitrogens with zero attached hydrogens (tertiary/aromatic N) is 2. The maximum Gasteiger partial charge on any atom is 0.236 e. The lowest BCUT2D eigenvalue weighted by Gasteiger charge is -2.31. The quantitative estimate of drug-likeness (QED) is 0.833. The molecule has 5 nitrogen and oxygen atoms in total. The number of rotatable bonds is 6. The highest BCUT2D eigenvalue weighted by molar-refractivity contribution is 8.00. The predicted octanol–water partition coefficient (Wildman–Crippen LogP) is 3.76. The van der Waals surface area contributed by atoms with Crippen LogP contribution in [-0.4, -0.2) is 46.3 Å². The Balaban J connectivity index is 1.42. The molecule has 2 aromatic rings. The lowest BCUT2D eigenvalue weighted by Crippen LogP contribution is -2.39. The first-order valence-electron chi connectivity index (χ1n) is 8.62. The average molecular weight is 378 g/mol. The van der Waals surface area contributed by atoms with Crippen molar-refractivity contribution in [1.29, 1.82) is 0 Å². The molecule has 1 aliphatic carbocycles. The zero-order chi connectivity index (χ0) is 17.6. The molecule has 0 saturated heterocycles. The molecule has 0 aliphatic heterocycles. The summed E-state index contributed by atoms with van der Waals surface area (Å²) in [5, 5.41) is 3.43. The summed E-state index contributed by atoms with van der Waals surface area (Å²) < 4.78 is 1.05. The van der Waals surface area contributed by atoms with Crippen LogP contribution in [0.2, 0.25) is 0 Å². The third-order valence-electron chi connectivity index (χ3n) is 4.51. The summed E-state index contributed by atoms with van der Waals surface area (Å²) in [6.07, 6.45) is 5.90. The highest BCUT2D eigenvalue weighted by Crippen LogP contribution is 2.25. The van der Waals surface area contributed by atoms with Gasteiger partial charge in [-0.25, -0.2) is 4.98 Å². The van der Waals surface area contributed by atoms with E-state index in [-0.39, 0.29) is 17.6 Å². The van der Waals surface area contributed by atoms with Gasteiger partial charge in [0, 0.05) is 13.1 Å². The number of carbonyl (C=O) groups is 2. The first-order valence-corrected chi connectivity index (χ1v) is 10.6. The third kappa shape index (κ3) is 4.95. The van der Waals surface area contributed by atoms with E-state index in [1.165, 1.54) is 42.4 Å². The normalized spacial score (nSPS) is 15.2. The van der Waals surface area contributed by atoms with Crippen LogP contribution in [0.1, 0.15) is 32.1 Å². The minimum absolute atomic E-state index is 0.114. The molecule has 1 aliphatic rings. The maximum atomic E-state index is 12.3. The summed E-state index contributed by atoms with van der Waals surface area (Å²) in [5.41, 5.74) is 0.889. The number of thioether (sulfide) groups is 1. The summed E-state index contributed by atoms with van der Waals surface area (Å²) in [6, 6.07) is 8.17. The Morgan fingerprint density at radius 3 is 2.76 bits per heavy atom. The van der Waals surface area contributed by atoms with Gasteiger partial charge in [-0.05, 0) is 25.0 Å². The summed E-state index contributed by atoms with van der Waals surface area (Å²) >= 11 is 2.82. The van der Waals surface area contributed by atoms with Crippen molar-refractivity contribution in [3.63, 3.8) is 0 Å². The molecule has 1 saturated carbocycles. The number of hydrogen-bond donors (Lipinski definition) is 1. The van der Waals surface area contributed by atoms with Gasteiger partial charge in [0.15, 0.2) is 5.13 Å². The molecule has 25 heavy (non-hydrogen) atoms. The third-order valence-corrected chi connectivity index (χ3v) is 6.38. The van der Waals surface area contributed by atoms with Gasteiger partial charge in [-0.1, -0.05) is 42.7 Å². The second kappa shape index (κ2) is 8.67. The van der Waals surface area contributed by atoms with Crippen molar-refractivity contribution >= 4 is 50.3 Å². The highest BCUT2D eigenvalue weighted by Gasteiger charge is 2.22.